The minimum Gasteiger partial charge on any atom is -0.496 e. The fourth-order valence-electron chi connectivity index (χ4n) is 3.58. The molecular weight excluding hydrogens is 408 g/mol. The van der Waals surface area contributed by atoms with Crippen LogP contribution in [0.3, 0.4) is 0 Å². The van der Waals surface area contributed by atoms with E-state index in [2.05, 4.69) is 37.4 Å². The second-order valence-corrected chi connectivity index (χ2v) is 7.55. The van der Waals surface area contributed by atoms with Crippen LogP contribution in [0, 0.1) is 0 Å². The van der Waals surface area contributed by atoms with E-state index in [9.17, 15) is 0 Å². The second-order valence-electron chi connectivity index (χ2n) is 7.55. The Kier molecular flexibility index (Phi) is 8.32. The van der Waals surface area contributed by atoms with Crippen molar-refractivity contribution in [2.75, 3.05) is 68.6 Å². The first-order valence-corrected chi connectivity index (χ1v) is 10.9. The predicted octanol–water partition coefficient (Wildman–Crippen LogP) is 1.90. The van der Waals surface area contributed by atoms with Crippen molar-refractivity contribution in [2.45, 2.75) is 26.3 Å². The summed E-state index contributed by atoms with van der Waals surface area (Å²) in [7, 11) is 3.31. The molecule has 0 bridgehead atoms. The van der Waals surface area contributed by atoms with Gasteiger partial charge in [-0.1, -0.05) is 13.3 Å². The number of unbranched alkanes of at least 4 members (excludes halogenated alkanes) is 1. The molecule has 174 valence electrons. The van der Waals surface area contributed by atoms with Crippen LogP contribution in [0.5, 0.6) is 11.5 Å². The molecule has 2 aromatic rings. The predicted molar refractivity (Wildman–Crippen MR) is 130 cm³/mol. The summed E-state index contributed by atoms with van der Waals surface area (Å²) in [5.74, 6) is 2.14. The number of nitrogens with two attached hydrogens (primary N) is 2. The molecule has 2 heterocycles. The monoisotopic (exact) mass is 442 g/mol. The van der Waals surface area contributed by atoms with Gasteiger partial charge in [0, 0.05) is 56.8 Å². The standard InChI is InChI=1S/C22H34N8O2/c1-4-5-6-27-21-20(23)17(28-22(24)29-21)14-26-13-16-18(31-2)11-15(12-19(16)32-3)30-9-7-25-8-10-30/h11-12,14,25H,4-10,13,23H2,1-3H3,(H3,24,27,28,29). The molecule has 1 fully saturated rings. The van der Waals surface area contributed by atoms with Crippen LogP contribution >= 0.6 is 0 Å². The molecule has 0 saturated carbocycles. The smallest absolute Gasteiger partial charge is 0.222 e. The molecule has 0 unspecified atom stereocenters. The Labute approximate surface area is 189 Å². The van der Waals surface area contributed by atoms with Crippen LogP contribution in [-0.2, 0) is 6.54 Å². The molecule has 0 aliphatic carbocycles. The largest absolute Gasteiger partial charge is 0.496 e. The van der Waals surface area contributed by atoms with Gasteiger partial charge in [0.25, 0.3) is 0 Å². The van der Waals surface area contributed by atoms with Gasteiger partial charge in [0.15, 0.2) is 5.82 Å². The molecule has 0 atom stereocenters. The van der Waals surface area contributed by atoms with E-state index in [1.165, 1.54) is 0 Å². The van der Waals surface area contributed by atoms with Crippen LogP contribution in [-0.4, -0.2) is 63.1 Å². The fraction of sp³-hybridized carbons (Fsp3) is 0.500. The van der Waals surface area contributed by atoms with Gasteiger partial charge in [0.2, 0.25) is 5.95 Å². The SMILES string of the molecule is CCCCNc1nc(N)nc(C=NCc2c(OC)cc(N3CCNCC3)cc2OC)c1N. The van der Waals surface area contributed by atoms with Crippen molar-refractivity contribution in [2.24, 2.45) is 4.99 Å². The molecule has 32 heavy (non-hydrogen) atoms. The van der Waals surface area contributed by atoms with Crippen molar-refractivity contribution in [3.8, 4) is 11.5 Å². The Balaban J connectivity index is 1.81. The van der Waals surface area contributed by atoms with Gasteiger partial charge in [-0.25, -0.2) is 4.98 Å². The van der Waals surface area contributed by atoms with E-state index in [0.29, 0.717) is 23.7 Å². The maximum Gasteiger partial charge on any atom is 0.222 e. The lowest BCUT2D eigenvalue weighted by Gasteiger charge is -2.30. The van der Waals surface area contributed by atoms with Gasteiger partial charge in [-0.15, -0.1) is 0 Å². The highest BCUT2D eigenvalue weighted by Crippen LogP contribution is 2.35. The number of aromatic nitrogens is 2. The zero-order valence-corrected chi connectivity index (χ0v) is 19.1. The molecular formula is C22H34N8O2. The van der Waals surface area contributed by atoms with Crippen molar-refractivity contribution in [3.63, 3.8) is 0 Å². The first-order chi connectivity index (χ1) is 15.6. The number of rotatable bonds is 10. The molecule has 1 aromatic heterocycles. The molecule has 0 radical (unpaired) electrons. The first-order valence-electron chi connectivity index (χ1n) is 10.9. The number of piperazine rings is 1. The Morgan fingerprint density at radius 2 is 1.84 bits per heavy atom. The van der Waals surface area contributed by atoms with E-state index in [4.69, 9.17) is 20.9 Å². The summed E-state index contributed by atoms with van der Waals surface area (Å²) in [4.78, 5) is 15.3. The van der Waals surface area contributed by atoms with Gasteiger partial charge in [0.1, 0.15) is 22.9 Å². The third-order valence-corrected chi connectivity index (χ3v) is 5.35. The number of benzene rings is 1. The van der Waals surface area contributed by atoms with Crippen LogP contribution in [0.2, 0.25) is 0 Å². The number of hydrogen-bond acceptors (Lipinski definition) is 10. The van der Waals surface area contributed by atoms with E-state index in [1.54, 1.807) is 20.4 Å². The number of ether oxygens (including phenoxy) is 2. The van der Waals surface area contributed by atoms with E-state index < -0.39 is 0 Å². The maximum atomic E-state index is 6.23. The summed E-state index contributed by atoms with van der Waals surface area (Å²) < 4.78 is 11.3. The normalized spacial score (nSPS) is 14.0. The zero-order chi connectivity index (χ0) is 22.9. The van der Waals surface area contributed by atoms with Crippen molar-refractivity contribution in [3.05, 3.63) is 23.4 Å². The van der Waals surface area contributed by atoms with Crippen LogP contribution in [0.15, 0.2) is 17.1 Å². The molecule has 1 aromatic carbocycles. The Morgan fingerprint density at radius 1 is 1.16 bits per heavy atom. The topological polar surface area (TPSA) is 136 Å². The Hall–Kier alpha value is -3.27. The molecule has 0 amide bonds. The highest BCUT2D eigenvalue weighted by molar-refractivity contribution is 5.89. The lowest BCUT2D eigenvalue weighted by molar-refractivity contribution is 0.385. The number of nitrogen functional groups attached to an aromatic ring is 2. The van der Waals surface area contributed by atoms with Crippen molar-refractivity contribution < 1.29 is 9.47 Å². The molecule has 10 nitrogen and oxygen atoms in total. The summed E-state index contributed by atoms with van der Waals surface area (Å²) in [5, 5.41) is 6.58. The molecule has 1 aliphatic heterocycles. The van der Waals surface area contributed by atoms with Crippen LogP contribution in [0.4, 0.5) is 23.1 Å². The minimum absolute atomic E-state index is 0.148. The number of methoxy groups -OCH3 is 2. The maximum absolute atomic E-state index is 6.23. The summed E-state index contributed by atoms with van der Waals surface area (Å²) in [6, 6.07) is 4.07. The van der Waals surface area contributed by atoms with Crippen LogP contribution in [0.25, 0.3) is 0 Å². The number of hydrogen-bond donors (Lipinski definition) is 4. The lowest BCUT2D eigenvalue weighted by atomic mass is 10.1. The summed E-state index contributed by atoms with van der Waals surface area (Å²) in [6.45, 7) is 7.01. The second kappa shape index (κ2) is 11.4. The quantitative estimate of drug-likeness (QED) is 0.321. The Morgan fingerprint density at radius 3 is 2.47 bits per heavy atom. The van der Waals surface area contributed by atoms with E-state index in [0.717, 1.165) is 68.3 Å². The van der Waals surface area contributed by atoms with Crippen molar-refractivity contribution in [1.82, 2.24) is 15.3 Å². The number of nitrogens with zero attached hydrogens (tertiary/aromatic N) is 4. The number of nitrogens with one attached hydrogen (secondary N) is 2. The average molecular weight is 443 g/mol. The third-order valence-electron chi connectivity index (χ3n) is 5.35. The van der Waals surface area contributed by atoms with Gasteiger partial charge in [-0.2, -0.15) is 4.98 Å². The minimum atomic E-state index is 0.148. The summed E-state index contributed by atoms with van der Waals surface area (Å²) in [6.07, 6.45) is 3.69. The molecule has 3 rings (SSSR count). The van der Waals surface area contributed by atoms with Crippen LogP contribution in [0.1, 0.15) is 31.0 Å². The van der Waals surface area contributed by atoms with Crippen molar-refractivity contribution >= 4 is 29.4 Å². The third kappa shape index (κ3) is 5.70. The Bertz CT molecular complexity index is 903. The lowest BCUT2D eigenvalue weighted by Crippen LogP contribution is -2.43. The number of aliphatic imine (C=N–C) groups is 1. The highest BCUT2D eigenvalue weighted by atomic mass is 16.5. The summed E-state index contributed by atoms with van der Waals surface area (Å²) in [5.41, 5.74) is 14.9. The fourth-order valence-corrected chi connectivity index (χ4v) is 3.58. The van der Waals surface area contributed by atoms with Gasteiger partial charge in [-0.3, -0.25) is 4.99 Å². The molecule has 1 saturated heterocycles. The zero-order valence-electron chi connectivity index (χ0n) is 19.1. The van der Waals surface area contributed by atoms with E-state index in [-0.39, 0.29) is 5.95 Å². The highest BCUT2D eigenvalue weighted by Gasteiger charge is 2.17. The van der Waals surface area contributed by atoms with Gasteiger partial charge >= 0.3 is 0 Å². The van der Waals surface area contributed by atoms with Crippen LogP contribution < -0.4 is 36.5 Å². The molecule has 0 spiro atoms. The molecule has 1 aliphatic rings. The number of anilines is 4. The molecule has 10 heteroatoms. The van der Waals surface area contributed by atoms with E-state index >= 15 is 0 Å². The molecule has 6 N–H and O–H groups in total. The van der Waals surface area contributed by atoms with E-state index in [1.807, 2.05) is 12.1 Å². The summed E-state index contributed by atoms with van der Waals surface area (Å²) >= 11 is 0. The van der Waals surface area contributed by atoms with Crippen molar-refractivity contribution in [1.29, 1.82) is 0 Å². The van der Waals surface area contributed by atoms with Gasteiger partial charge in [0.05, 0.1) is 26.3 Å². The average Bonchev–Trinajstić information content (AvgIpc) is 2.82. The first kappa shape index (κ1) is 23.4. The van der Waals surface area contributed by atoms with Gasteiger partial charge in [-0.05, 0) is 6.42 Å². The van der Waals surface area contributed by atoms with Gasteiger partial charge < -0.3 is 36.5 Å².